The van der Waals surface area contributed by atoms with E-state index in [1.54, 1.807) is 0 Å². The molecule has 1 nitrogen and oxygen atoms in total. The highest BCUT2D eigenvalue weighted by Crippen LogP contribution is 2.41. The van der Waals surface area contributed by atoms with Crippen LogP contribution in [0.2, 0.25) is 0 Å². The van der Waals surface area contributed by atoms with E-state index in [1.165, 1.54) is 45.1 Å². The second kappa shape index (κ2) is 4.65. The van der Waals surface area contributed by atoms with Gasteiger partial charge in [-0.3, -0.25) is 0 Å². The van der Waals surface area contributed by atoms with Crippen molar-refractivity contribution < 1.29 is 0 Å². The summed E-state index contributed by atoms with van der Waals surface area (Å²) in [5.74, 6) is 3.09. The molecule has 0 spiro atoms. The first-order chi connectivity index (χ1) is 6.85. The number of rotatable bonds is 4. The van der Waals surface area contributed by atoms with Crippen LogP contribution < -0.4 is 5.32 Å². The highest BCUT2D eigenvalue weighted by molar-refractivity contribution is 4.92. The van der Waals surface area contributed by atoms with Crippen LogP contribution in [0.1, 0.15) is 52.4 Å². The number of fused-ring (bicyclic) bond motifs is 3. The second-order valence-electron chi connectivity index (χ2n) is 5.30. The summed E-state index contributed by atoms with van der Waals surface area (Å²) in [6.07, 6.45) is 8.67. The molecule has 1 N–H and O–H groups in total. The Labute approximate surface area is 88.7 Å². The van der Waals surface area contributed by atoms with Gasteiger partial charge >= 0.3 is 0 Å². The third-order valence-corrected chi connectivity index (χ3v) is 4.51. The summed E-state index contributed by atoms with van der Waals surface area (Å²) in [4.78, 5) is 0. The molecular weight excluding hydrogens is 170 g/mol. The van der Waals surface area contributed by atoms with Gasteiger partial charge in [0.15, 0.2) is 0 Å². The molecule has 0 aromatic heterocycles. The molecule has 4 atom stereocenters. The van der Waals surface area contributed by atoms with Gasteiger partial charge in [0.1, 0.15) is 0 Å². The Balaban J connectivity index is 1.95. The predicted octanol–water partition coefficient (Wildman–Crippen LogP) is 3.20. The molecule has 3 fully saturated rings. The van der Waals surface area contributed by atoms with Gasteiger partial charge in [-0.25, -0.2) is 0 Å². The van der Waals surface area contributed by atoms with E-state index in [0.29, 0.717) is 0 Å². The van der Waals surface area contributed by atoms with Crippen LogP contribution in [0.25, 0.3) is 0 Å². The molecule has 14 heavy (non-hydrogen) atoms. The molecule has 2 bridgehead atoms. The zero-order chi connectivity index (χ0) is 9.97. The minimum atomic E-state index is 0.871. The normalized spacial score (nSPS) is 38.6. The van der Waals surface area contributed by atoms with Gasteiger partial charge in [0.05, 0.1) is 0 Å². The maximum absolute atomic E-state index is 3.67. The SMILES string of the molecule is CCCC(CC)C1CC2CCC1CN2. The summed E-state index contributed by atoms with van der Waals surface area (Å²) >= 11 is 0. The number of hydrogen-bond acceptors (Lipinski definition) is 1. The van der Waals surface area contributed by atoms with Crippen molar-refractivity contribution in [2.24, 2.45) is 17.8 Å². The van der Waals surface area contributed by atoms with Crippen molar-refractivity contribution in [1.82, 2.24) is 5.32 Å². The van der Waals surface area contributed by atoms with Crippen molar-refractivity contribution in [3.8, 4) is 0 Å². The van der Waals surface area contributed by atoms with Crippen molar-refractivity contribution in [2.75, 3.05) is 6.54 Å². The molecule has 2 heterocycles. The van der Waals surface area contributed by atoms with Gasteiger partial charge in [-0.1, -0.05) is 33.1 Å². The lowest BCUT2D eigenvalue weighted by atomic mass is 9.66. The number of hydrogen-bond donors (Lipinski definition) is 1. The van der Waals surface area contributed by atoms with E-state index in [9.17, 15) is 0 Å². The minimum Gasteiger partial charge on any atom is -0.314 e. The van der Waals surface area contributed by atoms with E-state index in [1.807, 2.05) is 0 Å². The quantitative estimate of drug-likeness (QED) is 0.726. The molecule has 1 saturated carbocycles. The summed E-state index contributed by atoms with van der Waals surface area (Å²) in [6.45, 7) is 6.04. The standard InChI is InChI=1S/C13H25N/c1-3-5-10(4-2)13-8-12-7-6-11(13)9-14-12/h10-14H,3-9H2,1-2H3. The maximum atomic E-state index is 3.67. The lowest BCUT2D eigenvalue weighted by Crippen LogP contribution is -2.50. The number of piperidine rings is 2. The lowest BCUT2D eigenvalue weighted by molar-refractivity contribution is 0.0779. The minimum absolute atomic E-state index is 0.871. The fraction of sp³-hybridized carbons (Fsp3) is 1.00. The molecule has 0 aromatic rings. The van der Waals surface area contributed by atoms with Gasteiger partial charge in [0.2, 0.25) is 0 Å². The molecule has 3 rings (SSSR count). The van der Waals surface area contributed by atoms with Gasteiger partial charge in [0, 0.05) is 6.04 Å². The lowest BCUT2D eigenvalue weighted by Gasteiger charge is -2.46. The van der Waals surface area contributed by atoms with Crippen molar-refractivity contribution in [3.63, 3.8) is 0 Å². The van der Waals surface area contributed by atoms with Crippen LogP contribution in [-0.2, 0) is 0 Å². The van der Waals surface area contributed by atoms with Crippen molar-refractivity contribution in [1.29, 1.82) is 0 Å². The average molecular weight is 195 g/mol. The monoisotopic (exact) mass is 195 g/mol. The Kier molecular flexibility index (Phi) is 3.48. The van der Waals surface area contributed by atoms with E-state index >= 15 is 0 Å². The largest absolute Gasteiger partial charge is 0.314 e. The summed E-state index contributed by atoms with van der Waals surface area (Å²) in [5.41, 5.74) is 0. The average Bonchev–Trinajstić information content (AvgIpc) is 2.27. The fourth-order valence-corrected chi connectivity index (χ4v) is 3.69. The zero-order valence-corrected chi connectivity index (χ0v) is 9.76. The van der Waals surface area contributed by atoms with Crippen molar-refractivity contribution in [2.45, 2.75) is 58.4 Å². The van der Waals surface area contributed by atoms with Crippen LogP contribution in [-0.4, -0.2) is 12.6 Å². The second-order valence-corrected chi connectivity index (χ2v) is 5.30. The topological polar surface area (TPSA) is 12.0 Å². The van der Waals surface area contributed by atoms with E-state index in [-0.39, 0.29) is 0 Å². The summed E-state index contributed by atoms with van der Waals surface area (Å²) in [6, 6.07) is 0.871. The first-order valence-electron chi connectivity index (χ1n) is 6.58. The highest BCUT2D eigenvalue weighted by atomic mass is 14.9. The summed E-state index contributed by atoms with van der Waals surface area (Å²) in [5, 5.41) is 3.67. The Morgan fingerprint density at radius 3 is 2.57 bits per heavy atom. The van der Waals surface area contributed by atoms with Gasteiger partial charge in [-0.2, -0.15) is 0 Å². The van der Waals surface area contributed by atoms with Crippen molar-refractivity contribution in [3.05, 3.63) is 0 Å². The molecule has 1 aliphatic carbocycles. The molecule has 4 unspecified atom stereocenters. The Hall–Kier alpha value is -0.0400. The summed E-state index contributed by atoms with van der Waals surface area (Å²) in [7, 11) is 0. The maximum Gasteiger partial charge on any atom is 0.00701 e. The molecule has 82 valence electrons. The first-order valence-corrected chi connectivity index (χ1v) is 6.58. The molecule has 0 aromatic carbocycles. The Bertz CT molecular complexity index is 170. The van der Waals surface area contributed by atoms with Gasteiger partial charge in [-0.15, -0.1) is 0 Å². The van der Waals surface area contributed by atoms with Crippen LogP contribution in [0.15, 0.2) is 0 Å². The van der Waals surface area contributed by atoms with Crippen LogP contribution in [0.4, 0.5) is 0 Å². The van der Waals surface area contributed by atoms with Gasteiger partial charge in [0.25, 0.3) is 0 Å². The Morgan fingerprint density at radius 1 is 1.29 bits per heavy atom. The molecule has 0 amide bonds. The smallest absolute Gasteiger partial charge is 0.00701 e. The van der Waals surface area contributed by atoms with E-state index < -0.39 is 0 Å². The molecule has 1 heteroatoms. The van der Waals surface area contributed by atoms with Crippen molar-refractivity contribution >= 4 is 0 Å². The Morgan fingerprint density at radius 2 is 2.14 bits per heavy atom. The van der Waals surface area contributed by atoms with E-state index in [4.69, 9.17) is 0 Å². The molecule has 2 aliphatic heterocycles. The summed E-state index contributed by atoms with van der Waals surface area (Å²) < 4.78 is 0. The molecule has 0 radical (unpaired) electrons. The van der Waals surface area contributed by atoms with Gasteiger partial charge in [-0.05, 0) is 43.6 Å². The van der Waals surface area contributed by atoms with E-state index in [2.05, 4.69) is 19.2 Å². The fourth-order valence-electron chi connectivity index (χ4n) is 3.69. The molecular formula is C13H25N. The van der Waals surface area contributed by atoms with Crippen LogP contribution in [0.3, 0.4) is 0 Å². The third-order valence-electron chi connectivity index (χ3n) is 4.51. The van der Waals surface area contributed by atoms with Crippen LogP contribution >= 0.6 is 0 Å². The first kappa shape index (κ1) is 10.5. The van der Waals surface area contributed by atoms with Crippen LogP contribution in [0, 0.1) is 17.8 Å². The zero-order valence-electron chi connectivity index (χ0n) is 9.76. The number of nitrogens with one attached hydrogen (secondary N) is 1. The highest BCUT2D eigenvalue weighted by Gasteiger charge is 2.38. The molecule has 3 aliphatic rings. The van der Waals surface area contributed by atoms with Crippen LogP contribution in [0.5, 0.6) is 0 Å². The van der Waals surface area contributed by atoms with Gasteiger partial charge < -0.3 is 5.32 Å². The van der Waals surface area contributed by atoms with E-state index in [0.717, 1.165) is 23.8 Å². The molecule has 2 saturated heterocycles. The predicted molar refractivity (Wildman–Crippen MR) is 61.3 cm³/mol. The third kappa shape index (κ3) is 1.98.